The van der Waals surface area contributed by atoms with Crippen LogP contribution in [0, 0.1) is 0 Å². The Kier molecular flexibility index (Phi) is 7.39. The predicted molar refractivity (Wildman–Crippen MR) is 127 cm³/mol. The number of sulfonamides is 1. The lowest BCUT2D eigenvalue weighted by Crippen LogP contribution is -2.47. The molecule has 0 spiro atoms. The molecule has 0 aliphatic carbocycles. The summed E-state index contributed by atoms with van der Waals surface area (Å²) < 4.78 is 33.4. The number of para-hydroxylation sites is 1. The van der Waals surface area contributed by atoms with E-state index in [0.29, 0.717) is 24.4 Å². The van der Waals surface area contributed by atoms with Crippen molar-refractivity contribution >= 4 is 21.6 Å². The van der Waals surface area contributed by atoms with Crippen LogP contribution in [0.3, 0.4) is 0 Å². The Bertz CT molecular complexity index is 1150. The van der Waals surface area contributed by atoms with Crippen LogP contribution in [0.1, 0.15) is 15.9 Å². The number of hydrogen-bond donors (Lipinski definition) is 2. The van der Waals surface area contributed by atoms with Crippen LogP contribution in [0.2, 0.25) is 0 Å². The van der Waals surface area contributed by atoms with Gasteiger partial charge in [0.05, 0.1) is 17.6 Å². The third-order valence-corrected chi connectivity index (χ3v) is 6.81. The van der Waals surface area contributed by atoms with E-state index in [4.69, 9.17) is 4.74 Å². The lowest BCUT2D eigenvalue weighted by atomic mass is 10.2. The van der Waals surface area contributed by atoms with Gasteiger partial charge in [-0.2, -0.15) is 0 Å². The molecule has 33 heavy (non-hydrogen) atoms. The SMILES string of the molecule is O=C(NCC1CN(Cc2ccccc2)CCO1)c1ccc(S(=O)(=O)Nc2ccccc2)cc1. The summed E-state index contributed by atoms with van der Waals surface area (Å²) in [5, 5.41) is 2.90. The van der Waals surface area contributed by atoms with E-state index >= 15 is 0 Å². The zero-order chi connectivity index (χ0) is 23.1. The highest BCUT2D eigenvalue weighted by molar-refractivity contribution is 7.92. The fraction of sp³-hybridized carbons (Fsp3) is 0.240. The van der Waals surface area contributed by atoms with Crippen LogP contribution in [-0.4, -0.2) is 51.6 Å². The summed E-state index contributed by atoms with van der Waals surface area (Å²) in [6.07, 6.45) is -0.0962. The van der Waals surface area contributed by atoms with Crippen LogP contribution in [0.25, 0.3) is 0 Å². The first-order valence-electron chi connectivity index (χ1n) is 10.8. The molecule has 1 atom stereocenters. The van der Waals surface area contributed by atoms with Gasteiger partial charge in [0.1, 0.15) is 0 Å². The lowest BCUT2D eigenvalue weighted by Gasteiger charge is -2.33. The van der Waals surface area contributed by atoms with Crippen molar-refractivity contribution in [3.8, 4) is 0 Å². The first-order chi connectivity index (χ1) is 16.0. The summed E-state index contributed by atoms with van der Waals surface area (Å²) in [5.74, 6) is -0.265. The van der Waals surface area contributed by atoms with Crippen LogP contribution in [0.15, 0.2) is 89.8 Å². The number of nitrogens with one attached hydrogen (secondary N) is 2. The third-order valence-electron chi connectivity index (χ3n) is 5.42. The molecule has 0 saturated carbocycles. The minimum absolute atomic E-state index is 0.0927. The molecule has 1 aliphatic rings. The number of rotatable bonds is 8. The maximum Gasteiger partial charge on any atom is 0.261 e. The van der Waals surface area contributed by atoms with Crippen LogP contribution in [-0.2, 0) is 21.3 Å². The molecule has 1 aliphatic heterocycles. The zero-order valence-electron chi connectivity index (χ0n) is 18.2. The quantitative estimate of drug-likeness (QED) is 0.534. The predicted octanol–water partition coefficient (Wildman–Crippen LogP) is 3.12. The van der Waals surface area contributed by atoms with Gasteiger partial charge in [0.15, 0.2) is 0 Å². The van der Waals surface area contributed by atoms with Gasteiger partial charge >= 0.3 is 0 Å². The molecule has 8 heteroatoms. The number of ether oxygens (including phenoxy) is 1. The smallest absolute Gasteiger partial charge is 0.261 e. The summed E-state index contributed by atoms with van der Waals surface area (Å²) in [5.41, 5.74) is 2.12. The number of nitrogens with zero attached hydrogens (tertiary/aromatic N) is 1. The molecular formula is C25H27N3O4S. The van der Waals surface area contributed by atoms with E-state index < -0.39 is 10.0 Å². The molecular weight excluding hydrogens is 438 g/mol. The molecule has 3 aromatic carbocycles. The van der Waals surface area contributed by atoms with Gasteiger partial charge in [-0.3, -0.25) is 14.4 Å². The summed E-state index contributed by atoms with van der Waals surface area (Å²) in [4.78, 5) is 15.0. The van der Waals surface area contributed by atoms with Crippen molar-refractivity contribution in [1.82, 2.24) is 10.2 Å². The number of carbonyl (C=O) groups is 1. The van der Waals surface area contributed by atoms with Crippen LogP contribution < -0.4 is 10.0 Å². The number of amides is 1. The van der Waals surface area contributed by atoms with Crippen LogP contribution in [0.5, 0.6) is 0 Å². The number of carbonyl (C=O) groups excluding carboxylic acids is 1. The van der Waals surface area contributed by atoms with Gasteiger partial charge in [0.2, 0.25) is 0 Å². The second-order valence-electron chi connectivity index (χ2n) is 7.92. The fourth-order valence-corrected chi connectivity index (χ4v) is 4.76. The Morgan fingerprint density at radius 3 is 2.30 bits per heavy atom. The van der Waals surface area contributed by atoms with Crippen molar-refractivity contribution in [2.75, 3.05) is 31.0 Å². The molecule has 3 aromatic rings. The van der Waals surface area contributed by atoms with Crippen molar-refractivity contribution in [1.29, 1.82) is 0 Å². The van der Waals surface area contributed by atoms with Crippen molar-refractivity contribution < 1.29 is 17.9 Å². The van der Waals surface area contributed by atoms with Crippen LogP contribution >= 0.6 is 0 Å². The largest absolute Gasteiger partial charge is 0.374 e. The van der Waals surface area contributed by atoms with Crippen molar-refractivity contribution in [2.24, 2.45) is 0 Å². The standard InChI is InChI=1S/C25H27N3O4S/c29-25(26-17-23-19-28(15-16-32-23)18-20-7-3-1-4-8-20)21-11-13-24(14-12-21)33(30,31)27-22-9-5-2-6-10-22/h1-14,23,27H,15-19H2,(H,26,29). The number of benzene rings is 3. The number of hydrogen-bond acceptors (Lipinski definition) is 5. The third kappa shape index (κ3) is 6.41. The minimum Gasteiger partial charge on any atom is -0.374 e. The Hall–Kier alpha value is -3.20. The normalized spacial score (nSPS) is 16.8. The van der Waals surface area contributed by atoms with Gasteiger partial charge in [-0.05, 0) is 42.0 Å². The van der Waals surface area contributed by atoms with E-state index in [0.717, 1.165) is 19.6 Å². The maximum atomic E-state index is 12.6. The van der Waals surface area contributed by atoms with Crippen molar-refractivity contribution in [2.45, 2.75) is 17.5 Å². The van der Waals surface area contributed by atoms with Gasteiger partial charge in [0, 0.05) is 37.4 Å². The van der Waals surface area contributed by atoms with Crippen molar-refractivity contribution in [3.63, 3.8) is 0 Å². The van der Waals surface area contributed by atoms with Gasteiger partial charge in [-0.15, -0.1) is 0 Å². The van der Waals surface area contributed by atoms with E-state index in [1.54, 1.807) is 24.3 Å². The molecule has 1 amide bonds. The first kappa shape index (κ1) is 23.0. The second kappa shape index (κ2) is 10.6. The maximum absolute atomic E-state index is 12.6. The fourth-order valence-electron chi connectivity index (χ4n) is 3.70. The number of morpholine rings is 1. The van der Waals surface area contributed by atoms with Crippen molar-refractivity contribution in [3.05, 3.63) is 96.1 Å². The van der Waals surface area contributed by atoms with Gasteiger partial charge in [-0.25, -0.2) is 8.42 Å². The molecule has 1 saturated heterocycles. The average Bonchev–Trinajstić information content (AvgIpc) is 2.84. The average molecular weight is 466 g/mol. The number of anilines is 1. The zero-order valence-corrected chi connectivity index (χ0v) is 19.0. The highest BCUT2D eigenvalue weighted by Crippen LogP contribution is 2.16. The van der Waals surface area contributed by atoms with Gasteiger partial charge in [-0.1, -0.05) is 48.5 Å². The summed E-state index contributed by atoms with van der Waals surface area (Å²) >= 11 is 0. The summed E-state index contributed by atoms with van der Waals surface area (Å²) in [6, 6.07) is 24.8. The van der Waals surface area contributed by atoms with Gasteiger partial charge < -0.3 is 10.1 Å². The van der Waals surface area contributed by atoms with Crippen LogP contribution in [0.4, 0.5) is 5.69 Å². The topological polar surface area (TPSA) is 87.7 Å². The highest BCUT2D eigenvalue weighted by Gasteiger charge is 2.21. The Labute approximate surface area is 194 Å². The second-order valence-corrected chi connectivity index (χ2v) is 9.60. The first-order valence-corrected chi connectivity index (χ1v) is 12.3. The lowest BCUT2D eigenvalue weighted by molar-refractivity contribution is -0.0292. The molecule has 0 aromatic heterocycles. The monoisotopic (exact) mass is 465 g/mol. The summed E-state index contributed by atoms with van der Waals surface area (Å²) in [7, 11) is -3.72. The van der Waals surface area contributed by atoms with E-state index in [-0.39, 0.29) is 16.9 Å². The molecule has 0 radical (unpaired) electrons. The Balaban J connectivity index is 1.29. The van der Waals surface area contributed by atoms with E-state index in [1.165, 1.54) is 29.8 Å². The van der Waals surface area contributed by atoms with E-state index in [9.17, 15) is 13.2 Å². The molecule has 172 valence electrons. The highest BCUT2D eigenvalue weighted by atomic mass is 32.2. The molecule has 0 bridgehead atoms. The molecule has 1 fully saturated rings. The van der Waals surface area contributed by atoms with Gasteiger partial charge in [0.25, 0.3) is 15.9 Å². The molecule has 2 N–H and O–H groups in total. The molecule has 4 rings (SSSR count). The molecule has 7 nitrogen and oxygen atoms in total. The van der Waals surface area contributed by atoms with E-state index in [2.05, 4.69) is 27.1 Å². The molecule has 1 unspecified atom stereocenters. The minimum atomic E-state index is -3.72. The Morgan fingerprint density at radius 2 is 1.61 bits per heavy atom. The van der Waals surface area contributed by atoms with E-state index in [1.807, 2.05) is 24.3 Å². The Morgan fingerprint density at radius 1 is 0.939 bits per heavy atom. The summed E-state index contributed by atoms with van der Waals surface area (Å²) in [6.45, 7) is 3.44. The molecule has 1 heterocycles.